The molecule has 1 fully saturated rings. The predicted molar refractivity (Wildman–Crippen MR) is 64.3 cm³/mol. The number of nitrogens with zero attached hydrogens (tertiary/aromatic N) is 1. The third-order valence-electron chi connectivity index (χ3n) is 2.42. The molecule has 0 spiro atoms. The maximum atomic E-state index is 11.4. The number of likely N-dealkylation sites (tertiary alicyclic amines) is 1. The van der Waals surface area contributed by atoms with Gasteiger partial charge in [0.05, 0.1) is 12.7 Å². The summed E-state index contributed by atoms with van der Waals surface area (Å²) in [5.74, 6) is 0.131. The van der Waals surface area contributed by atoms with Crippen molar-refractivity contribution in [3.05, 3.63) is 12.2 Å². The smallest absolute Gasteiger partial charge is 0.246 e. The maximum absolute atomic E-state index is 11.4. The zero-order valence-corrected chi connectivity index (χ0v) is 10.2. The second-order valence-corrected chi connectivity index (χ2v) is 4.20. The first kappa shape index (κ1) is 13.2. The molecule has 1 N–H and O–H groups in total. The maximum Gasteiger partial charge on any atom is 0.246 e. The number of hydrogen-bond donors (Lipinski definition) is 1. The Kier molecular flexibility index (Phi) is 6.11. The van der Waals surface area contributed by atoms with E-state index in [0.29, 0.717) is 6.61 Å². The van der Waals surface area contributed by atoms with E-state index in [1.807, 2.05) is 24.8 Å². The summed E-state index contributed by atoms with van der Waals surface area (Å²) in [6, 6.07) is 0. The first-order chi connectivity index (χ1) is 7.70. The lowest BCUT2D eigenvalue weighted by Gasteiger charge is -2.29. The largest absolute Gasteiger partial charge is 0.377 e. The van der Waals surface area contributed by atoms with Crippen LogP contribution in [0.3, 0.4) is 0 Å². The number of carbonyl (C=O) groups excluding carboxylic acids is 1. The van der Waals surface area contributed by atoms with Gasteiger partial charge in [-0.3, -0.25) is 4.79 Å². The van der Waals surface area contributed by atoms with Crippen LogP contribution in [0.4, 0.5) is 0 Å². The van der Waals surface area contributed by atoms with Crippen molar-refractivity contribution in [1.29, 1.82) is 0 Å². The standard InChI is InChI=1S/C12H22N2O2/c1-11(2)16-10-7-13-6-3-5-12(15)14-8-4-9-14/h3,5,11,13H,4,6-10H2,1-2H3/b5-3+. The Balaban J connectivity index is 1.93. The van der Waals surface area contributed by atoms with E-state index in [1.54, 1.807) is 6.08 Å². The molecule has 1 saturated heterocycles. The number of carbonyl (C=O) groups is 1. The topological polar surface area (TPSA) is 41.6 Å². The molecule has 0 bridgehead atoms. The number of hydrogen-bond acceptors (Lipinski definition) is 3. The van der Waals surface area contributed by atoms with Crippen LogP contribution in [0.2, 0.25) is 0 Å². The summed E-state index contributed by atoms with van der Waals surface area (Å²) < 4.78 is 5.37. The molecule has 16 heavy (non-hydrogen) atoms. The number of amides is 1. The fourth-order valence-electron chi connectivity index (χ4n) is 1.35. The van der Waals surface area contributed by atoms with Gasteiger partial charge in [0.1, 0.15) is 0 Å². The van der Waals surface area contributed by atoms with Crippen LogP contribution < -0.4 is 5.32 Å². The molecular formula is C12H22N2O2. The van der Waals surface area contributed by atoms with Gasteiger partial charge in [-0.1, -0.05) is 6.08 Å². The normalized spacial score (nSPS) is 15.8. The Morgan fingerprint density at radius 2 is 2.25 bits per heavy atom. The van der Waals surface area contributed by atoms with Gasteiger partial charge in [-0.05, 0) is 20.3 Å². The van der Waals surface area contributed by atoms with Gasteiger partial charge in [-0.2, -0.15) is 0 Å². The predicted octanol–water partition coefficient (Wildman–Crippen LogP) is 0.789. The zero-order valence-electron chi connectivity index (χ0n) is 10.2. The summed E-state index contributed by atoms with van der Waals surface area (Å²) in [4.78, 5) is 13.2. The molecule has 1 amide bonds. The molecule has 92 valence electrons. The Morgan fingerprint density at radius 3 is 2.81 bits per heavy atom. The summed E-state index contributed by atoms with van der Waals surface area (Å²) in [6.45, 7) is 8.13. The molecule has 4 nitrogen and oxygen atoms in total. The molecule has 1 rings (SSSR count). The Morgan fingerprint density at radius 1 is 1.50 bits per heavy atom. The first-order valence-electron chi connectivity index (χ1n) is 5.98. The van der Waals surface area contributed by atoms with E-state index in [0.717, 1.165) is 32.6 Å². The molecule has 1 aliphatic rings. The van der Waals surface area contributed by atoms with Crippen molar-refractivity contribution < 1.29 is 9.53 Å². The molecule has 0 aromatic rings. The highest BCUT2D eigenvalue weighted by molar-refractivity contribution is 5.88. The van der Waals surface area contributed by atoms with Gasteiger partial charge < -0.3 is 15.0 Å². The van der Waals surface area contributed by atoms with Crippen molar-refractivity contribution in [2.45, 2.75) is 26.4 Å². The lowest BCUT2D eigenvalue weighted by atomic mass is 10.2. The van der Waals surface area contributed by atoms with Gasteiger partial charge in [0.25, 0.3) is 0 Å². The van der Waals surface area contributed by atoms with Gasteiger partial charge in [-0.15, -0.1) is 0 Å². The minimum Gasteiger partial charge on any atom is -0.377 e. The van der Waals surface area contributed by atoms with Crippen molar-refractivity contribution in [3.8, 4) is 0 Å². The van der Waals surface area contributed by atoms with Crippen molar-refractivity contribution in [1.82, 2.24) is 10.2 Å². The van der Waals surface area contributed by atoms with Crippen LogP contribution in [-0.2, 0) is 9.53 Å². The third kappa shape index (κ3) is 5.28. The van der Waals surface area contributed by atoms with Gasteiger partial charge in [0.15, 0.2) is 0 Å². The molecule has 1 heterocycles. The highest BCUT2D eigenvalue weighted by Gasteiger charge is 2.16. The number of rotatable bonds is 7. The van der Waals surface area contributed by atoms with Gasteiger partial charge >= 0.3 is 0 Å². The van der Waals surface area contributed by atoms with Crippen LogP contribution in [-0.4, -0.2) is 49.7 Å². The molecule has 0 saturated carbocycles. The van der Waals surface area contributed by atoms with E-state index < -0.39 is 0 Å². The molecule has 0 atom stereocenters. The molecule has 0 unspecified atom stereocenters. The second kappa shape index (κ2) is 7.41. The highest BCUT2D eigenvalue weighted by Crippen LogP contribution is 2.05. The van der Waals surface area contributed by atoms with Gasteiger partial charge in [0.2, 0.25) is 5.91 Å². The highest BCUT2D eigenvalue weighted by atomic mass is 16.5. The number of ether oxygens (including phenoxy) is 1. The first-order valence-corrected chi connectivity index (χ1v) is 5.98. The lowest BCUT2D eigenvalue weighted by Crippen LogP contribution is -2.41. The lowest BCUT2D eigenvalue weighted by molar-refractivity contribution is -0.129. The molecule has 0 aliphatic carbocycles. The Bertz CT molecular complexity index is 235. The minimum atomic E-state index is 0.131. The zero-order chi connectivity index (χ0) is 11.8. The van der Waals surface area contributed by atoms with E-state index in [-0.39, 0.29) is 12.0 Å². The van der Waals surface area contributed by atoms with E-state index in [9.17, 15) is 4.79 Å². The van der Waals surface area contributed by atoms with E-state index >= 15 is 0 Å². The fourth-order valence-corrected chi connectivity index (χ4v) is 1.35. The minimum absolute atomic E-state index is 0.131. The van der Waals surface area contributed by atoms with E-state index in [2.05, 4.69) is 5.32 Å². The SMILES string of the molecule is CC(C)OCCNC/C=C/C(=O)N1CCC1. The monoisotopic (exact) mass is 226 g/mol. The second-order valence-electron chi connectivity index (χ2n) is 4.20. The molecule has 0 aromatic carbocycles. The Labute approximate surface area is 97.6 Å². The van der Waals surface area contributed by atoms with Crippen LogP contribution in [0.25, 0.3) is 0 Å². The van der Waals surface area contributed by atoms with Crippen LogP contribution in [0.1, 0.15) is 20.3 Å². The van der Waals surface area contributed by atoms with Crippen molar-refractivity contribution >= 4 is 5.91 Å². The van der Waals surface area contributed by atoms with Crippen LogP contribution in [0.15, 0.2) is 12.2 Å². The molecule has 0 radical (unpaired) electrons. The van der Waals surface area contributed by atoms with Gasteiger partial charge in [-0.25, -0.2) is 0 Å². The average Bonchev–Trinajstić information content (AvgIpc) is 2.13. The van der Waals surface area contributed by atoms with Crippen LogP contribution >= 0.6 is 0 Å². The third-order valence-corrected chi connectivity index (χ3v) is 2.42. The summed E-state index contributed by atoms with van der Waals surface area (Å²) in [5.41, 5.74) is 0. The van der Waals surface area contributed by atoms with E-state index in [1.165, 1.54) is 0 Å². The van der Waals surface area contributed by atoms with Crippen molar-refractivity contribution in [2.75, 3.05) is 32.8 Å². The fraction of sp³-hybridized carbons (Fsp3) is 0.750. The summed E-state index contributed by atoms with van der Waals surface area (Å²) in [7, 11) is 0. The van der Waals surface area contributed by atoms with Crippen LogP contribution in [0.5, 0.6) is 0 Å². The summed E-state index contributed by atoms with van der Waals surface area (Å²) >= 11 is 0. The molecule has 0 aromatic heterocycles. The van der Waals surface area contributed by atoms with Crippen molar-refractivity contribution in [2.24, 2.45) is 0 Å². The summed E-state index contributed by atoms with van der Waals surface area (Å²) in [5, 5.41) is 3.19. The van der Waals surface area contributed by atoms with Crippen LogP contribution in [0, 0.1) is 0 Å². The molecule has 4 heteroatoms. The van der Waals surface area contributed by atoms with Crippen molar-refractivity contribution in [3.63, 3.8) is 0 Å². The quantitative estimate of drug-likeness (QED) is 0.515. The number of nitrogens with one attached hydrogen (secondary N) is 1. The summed E-state index contributed by atoms with van der Waals surface area (Å²) in [6.07, 6.45) is 4.95. The molecule has 1 aliphatic heterocycles. The average molecular weight is 226 g/mol. The van der Waals surface area contributed by atoms with Gasteiger partial charge in [0, 0.05) is 32.3 Å². The Hall–Kier alpha value is -0.870. The molecular weight excluding hydrogens is 204 g/mol. The van der Waals surface area contributed by atoms with E-state index in [4.69, 9.17) is 4.74 Å².